The number of anilines is 1. The lowest BCUT2D eigenvalue weighted by Gasteiger charge is -2.30. The van der Waals surface area contributed by atoms with Gasteiger partial charge in [0.1, 0.15) is 0 Å². The summed E-state index contributed by atoms with van der Waals surface area (Å²) < 4.78 is 0. The van der Waals surface area contributed by atoms with E-state index in [-0.39, 0.29) is 5.56 Å². The van der Waals surface area contributed by atoms with Crippen molar-refractivity contribution in [2.75, 3.05) is 18.0 Å². The number of carboxylic acids is 1. The van der Waals surface area contributed by atoms with Crippen LogP contribution in [-0.2, 0) is 0 Å². The summed E-state index contributed by atoms with van der Waals surface area (Å²) in [6.45, 7) is 9.29. The number of piperidine rings is 1. The van der Waals surface area contributed by atoms with Crippen LogP contribution in [0.1, 0.15) is 29.6 Å². The molecule has 6 heteroatoms. The van der Waals surface area contributed by atoms with E-state index in [4.69, 9.17) is 23.3 Å². The molecule has 5 nitrogen and oxygen atoms in total. The van der Waals surface area contributed by atoms with Gasteiger partial charge in [-0.25, -0.2) is 9.64 Å². The molecule has 1 aromatic heterocycles. The van der Waals surface area contributed by atoms with Crippen LogP contribution in [0.3, 0.4) is 0 Å². The number of pyridine rings is 1. The van der Waals surface area contributed by atoms with Gasteiger partial charge in [-0.3, -0.25) is 4.98 Å². The van der Waals surface area contributed by atoms with Crippen LogP contribution in [0.2, 0.25) is 5.02 Å². The minimum atomic E-state index is -1.01. The van der Waals surface area contributed by atoms with Gasteiger partial charge < -0.3 is 10.0 Å². The average Bonchev–Trinajstić information content (AvgIpc) is 2.61. The van der Waals surface area contributed by atoms with Gasteiger partial charge in [0.2, 0.25) is 5.69 Å². The predicted octanol–water partition coefficient (Wildman–Crippen LogP) is 4.64. The van der Waals surface area contributed by atoms with E-state index < -0.39 is 5.97 Å². The van der Waals surface area contributed by atoms with Gasteiger partial charge in [-0.05, 0) is 49.1 Å². The maximum Gasteiger partial charge on any atom is 0.335 e. The maximum absolute atomic E-state index is 11.1. The van der Waals surface area contributed by atoms with Crippen molar-refractivity contribution in [3.05, 3.63) is 52.5 Å². The highest BCUT2D eigenvalue weighted by Crippen LogP contribution is 2.41. The van der Waals surface area contributed by atoms with Crippen molar-refractivity contribution in [1.29, 1.82) is 0 Å². The molecular weight excluding hydrogens is 326 g/mol. The van der Waals surface area contributed by atoms with Crippen molar-refractivity contribution in [3.63, 3.8) is 0 Å². The molecule has 0 atom stereocenters. The Hall–Kier alpha value is -2.58. The van der Waals surface area contributed by atoms with E-state index >= 15 is 0 Å². The van der Waals surface area contributed by atoms with Crippen LogP contribution < -0.4 is 4.90 Å². The molecule has 3 rings (SSSR count). The first-order valence-corrected chi connectivity index (χ1v) is 8.13. The molecule has 0 radical (unpaired) electrons. The summed E-state index contributed by atoms with van der Waals surface area (Å²) >= 11 is 6.47. The molecule has 0 bridgehead atoms. The number of carboxylic acid groups (broad SMARTS) is 1. The zero-order valence-corrected chi connectivity index (χ0v) is 13.8. The number of nitrogens with zero attached hydrogens (tertiary/aromatic N) is 3. The zero-order chi connectivity index (χ0) is 17.1. The predicted molar refractivity (Wildman–Crippen MR) is 94.0 cm³/mol. The minimum absolute atomic E-state index is 0.153. The largest absolute Gasteiger partial charge is 0.478 e. The first-order chi connectivity index (χ1) is 11.6. The van der Waals surface area contributed by atoms with Gasteiger partial charge >= 0.3 is 5.97 Å². The standard InChI is InChI=1S/C18H16ClN3O2/c1-20-16-11-13(15-10-12(18(23)24)5-6-21-15)9-14(19)17(16)22-7-3-2-4-8-22/h5-6,9-11H,2-4,7-8H2,(H,23,24). The summed E-state index contributed by atoms with van der Waals surface area (Å²) in [7, 11) is 0. The van der Waals surface area contributed by atoms with E-state index in [1.54, 1.807) is 12.1 Å². The molecule has 1 fully saturated rings. The van der Waals surface area contributed by atoms with Gasteiger partial charge in [0.25, 0.3) is 0 Å². The van der Waals surface area contributed by atoms with Gasteiger partial charge in [-0.2, -0.15) is 0 Å². The van der Waals surface area contributed by atoms with Crippen molar-refractivity contribution in [1.82, 2.24) is 4.98 Å². The molecule has 1 aliphatic heterocycles. The molecule has 1 N–H and O–H groups in total. The second-order valence-electron chi connectivity index (χ2n) is 5.72. The van der Waals surface area contributed by atoms with Gasteiger partial charge in [-0.15, -0.1) is 0 Å². The molecule has 0 unspecified atom stereocenters. The first kappa shape index (κ1) is 16.3. The van der Waals surface area contributed by atoms with E-state index in [0.29, 0.717) is 22.0 Å². The number of benzene rings is 1. The van der Waals surface area contributed by atoms with Crippen LogP contribution in [0, 0.1) is 6.57 Å². The van der Waals surface area contributed by atoms with Gasteiger partial charge in [0.05, 0.1) is 28.5 Å². The molecule has 0 amide bonds. The summed E-state index contributed by atoms with van der Waals surface area (Å²) in [4.78, 5) is 21.1. The lowest BCUT2D eigenvalue weighted by Crippen LogP contribution is -2.29. The molecule has 122 valence electrons. The molecular formula is C18H16ClN3O2. The number of aromatic nitrogens is 1. The third-order valence-corrected chi connectivity index (χ3v) is 4.43. The monoisotopic (exact) mass is 341 g/mol. The van der Waals surface area contributed by atoms with E-state index in [1.165, 1.54) is 24.8 Å². The van der Waals surface area contributed by atoms with Crippen LogP contribution in [0.5, 0.6) is 0 Å². The van der Waals surface area contributed by atoms with Crippen molar-refractivity contribution < 1.29 is 9.90 Å². The van der Waals surface area contributed by atoms with Crippen molar-refractivity contribution in [2.45, 2.75) is 19.3 Å². The second-order valence-corrected chi connectivity index (χ2v) is 6.13. The van der Waals surface area contributed by atoms with E-state index in [0.717, 1.165) is 31.6 Å². The Labute approximate surface area is 145 Å². The van der Waals surface area contributed by atoms with Crippen LogP contribution in [0.25, 0.3) is 16.1 Å². The summed E-state index contributed by atoms with van der Waals surface area (Å²) in [5.74, 6) is -1.01. The highest BCUT2D eigenvalue weighted by molar-refractivity contribution is 6.34. The van der Waals surface area contributed by atoms with E-state index in [2.05, 4.69) is 14.7 Å². The summed E-state index contributed by atoms with van der Waals surface area (Å²) in [6, 6.07) is 6.42. The lowest BCUT2D eigenvalue weighted by molar-refractivity contribution is 0.0697. The summed E-state index contributed by atoms with van der Waals surface area (Å²) in [6.07, 6.45) is 4.84. The topological polar surface area (TPSA) is 57.8 Å². The molecule has 1 aromatic carbocycles. The summed E-state index contributed by atoms with van der Waals surface area (Å²) in [5, 5.41) is 9.62. The minimum Gasteiger partial charge on any atom is -0.478 e. The molecule has 1 saturated heterocycles. The molecule has 0 spiro atoms. The van der Waals surface area contributed by atoms with E-state index in [9.17, 15) is 4.79 Å². The fraction of sp³-hybridized carbons (Fsp3) is 0.278. The number of rotatable bonds is 3. The molecule has 1 aliphatic rings. The van der Waals surface area contributed by atoms with Crippen molar-refractivity contribution in [2.24, 2.45) is 0 Å². The van der Waals surface area contributed by atoms with Crippen LogP contribution in [0.4, 0.5) is 11.4 Å². The number of carbonyl (C=O) groups is 1. The maximum atomic E-state index is 11.1. The van der Waals surface area contributed by atoms with Gasteiger partial charge in [-0.1, -0.05) is 11.6 Å². The Morgan fingerprint density at radius 2 is 2.00 bits per heavy atom. The van der Waals surface area contributed by atoms with Gasteiger partial charge in [0, 0.05) is 19.3 Å². The Morgan fingerprint density at radius 1 is 1.25 bits per heavy atom. The third kappa shape index (κ3) is 3.19. The van der Waals surface area contributed by atoms with Crippen molar-refractivity contribution in [3.8, 4) is 11.3 Å². The fourth-order valence-corrected chi connectivity index (χ4v) is 3.30. The number of halogens is 1. The Kier molecular flexibility index (Phi) is 4.68. The molecule has 0 saturated carbocycles. The Bertz CT molecular complexity index is 823. The van der Waals surface area contributed by atoms with E-state index in [1.807, 2.05) is 0 Å². The van der Waals surface area contributed by atoms with Gasteiger partial charge in [0.15, 0.2) is 0 Å². The average molecular weight is 342 g/mol. The molecule has 2 aromatic rings. The number of hydrogen-bond donors (Lipinski definition) is 1. The van der Waals surface area contributed by atoms with Crippen LogP contribution in [0.15, 0.2) is 30.5 Å². The zero-order valence-electron chi connectivity index (χ0n) is 13.0. The smallest absolute Gasteiger partial charge is 0.335 e. The normalized spacial score (nSPS) is 14.2. The lowest BCUT2D eigenvalue weighted by atomic mass is 10.0. The van der Waals surface area contributed by atoms with Crippen LogP contribution in [-0.4, -0.2) is 29.1 Å². The fourth-order valence-electron chi connectivity index (χ4n) is 2.97. The molecule has 2 heterocycles. The Morgan fingerprint density at radius 3 is 2.67 bits per heavy atom. The summed E-state index contributed by atoms with van der Waals surface area (Å²) in [5.41, 5.74) is 2.54. The van der Waals surface area contributed by atoms with Crippen molar-refractivity contribution >= 4 is 28.9 Å². The SMILES string of the molecule is [C-]#[N+]c1cc(-c2cc(C(=O)O)ccn2)cc(Cl)c1N1CCCCC1. The quantitative estimate of drug-likeness (QED) is 0.826. The second kappa shape index (κ2) is 6.90. The van der Waals surface area contributed by atoms with Crippen LogP contribution >= 0.6 is 11.6 Å². The molecule has 0 aliphatic carbocycles. The Balaban J connectivity index is 2.05. The highest BCUT2D eigenvalue weighted by Gasteiger charge is 2.19. The number of aromatic carboxylic acids is 1. The first-order valence-electron chi connectivity index (χ1n) is 7.76. The third-order valence-electron chi connectivity index (χ3n) is 4.14. The highest BCUT2D eigenvalue weighted by atomic mass is 35.5. The molecule has 24 heavy (non-hydrogen) atoms. The number of hydrogen-bond acceptors (Lipinski definition) is 3.